The Hall–Kier alpha value is -0.180. The number of piperidine rings is 1. The number of halogens is 2. The maximum atomic E-state index is 13.1. The first-order valence-electron chi connectivity index (χ1n) is 9.67. The van der Waals surface area contributed by atoms with Crippen molar-refractivity contribution in [2.24, 2.45) is 17.8 Å². The summed E-state index contributed by atoms with van der Waals surface area (Å²) >= 11 is 0. The fraction of sp³-hybridized carbons (Fsp3) is 1.00. The largest absolute Gasteiger partial charge is 0.317 e. The molecule has 1 saturated heterocycles. The highest BCUT2D eigenvalue weighted by molar-refractivity contribution is 4.83. The van der Waals surface area contributed by atoms with Gasteiger partial charge in [-0.3, -0.25) is 0 Å². The topological polar surface area (TPSA) is 12.0 Å². The second-order valence-electron chi connectivity index (χ2n) is 7.76. The van der Waals surface area contributed by atoms with Crippen LogP contribution < -0.4 is 5.32 Å². The molecule has 1 atom stereocenters. The smallest absolute Gasteiger partial charge is 0.248 e. The number of hydrogen-bond donors (Lipinski definition) is 1. The van der Waals surface area contributed by atoms with E-state index in [1.807, 2.05) is 0 Å². The Labute approximate surface area is 135 Å². The van der Waals surface area contributed by atoms with Gasteiger partial charge in [0.1, 0.15) is 0 Å². The van der Waals surface area contributed by atoms with E-state index in [9.17, 15) is 8.78 Å². The summed E-state index contributed by atoms with van der Waals surface area (Å²) in [6.07, 6.45) is 12.8. The molecule has 130 valence electrons. The van der Waals surface area contributed by atoms with Crippen molar-refractivity contribution < 1.29 is 8.78 Å². The lowest BCUT2D eigenvalue weighted by Gasteiger charge is -2.37. The first kappa shape index (κ1) is 18.2. The lowest BCUT2D eigenvalue weighted by Crippen LogP contribution is -2.31. The lowest BCUT2D eigenvalue weighted by atomic mass is 9.70. The molecule has 0 aromatic rings. The first-order chi connectivity index (χ1) is 10.6. The third-order valence-electron chi connectivity index (χ3n) is 6.11. The van der Waals surface area contributed by atoms with Crippen LogP contribution in [0, 0.1) is 17.8 Å². The van der Waals surface area contributed by atoms with Crippen molar-refractivity contribution in [2.75, 3.05) is 13.1 Å². The summed E-state index contributed by atoms with van der Waals surface area (Å²) in [5, 5.41) is 3.28. The molecular weight excluding hydrogens is 280 g/mol. The molecule has 1 aliphatic heterocycles. The van der Waals surface area contributed by atoms with Crippen LogP contribution in [0.3, 0.4) is 0 Å². The molecule has 3 aliphatic rings. The van der Waals surface area contributed by atoms with Gasteiger partial charge in [0.15, 0.2) is 0 Å². The van der Waals surface area contributed by atoms with Gasteiger partial charge in [-0.15, -0.1) is 0 Å². The maximum absolute atomic E-state index is 13.1. The van der Waals surface area contributed by atoms with Crippen molar-refractivity contribution in [1.82, 2.24) is 5.32 Å². The molecule has 0 aromatic carbocycles. The fourth-order valence-electron chi connectivity index (χ4n) is 4.43. The molecule has 3 fully saturated rings. The molecule has 1 N–H and O–H groups in total. The van der Waals surface area contributed by atoms with Gasteiger partial charge in [0, 0.05) is 12.8 Å². The summed E-state index contributed by atoms with van der Waals surface area (Å²) in [6, 6.07) is 0. The number of hydrogen-bond acceptors (Lipinski definition) is 1. The summed E-state index contributed by atoms with van der Waals surface area (Å²) in [4.78, 5) is 0. The van der Waals surface area contributed by atoms with Crippen LogP contribution >= 0.6 is 0 Å². The van der Waals surface area contributed by atoms with E-state index in [-0.39, 0.29) is 12.8 Å². The van der Waals surface area contributed by atoms with Crippen LogP contribution in [0.15, 0.2) is 0 Å². The number of alkyl halides is 2. The summed E-state index contributed by atoms with van der Waals surface area (Å²) in [5.74, 6) is -0.285. The van der Waals surface area contributed by atoms with Crippen LogP contribution in [-0.4, -0.2) is 19.0 Å². The minimum atomic E-state index is -2.36. The van der Waals surface area contributed by atoms with Gasteiger partial charge in [-0.2, -0.15) is 0 Å². The van der Waals surface area contributed by atoms with Crippen molar-refractivity contribution >= 4 is 0 Å². The van der Waals surface area contributed by atoms with Crippen molar-refractivity contribution in [3.05, 3.63) is 0 Å². The average molecular weight is 315 g/mol. The molecule has 0 radical (unpaired) electrons. The molecule has 0 spiro atoms. The van der Waals surface area contributed by atoms with E-state index in [1.165, 1.54) is 64.5 Å². The monoisotopic (exact) mass is 315 g/mol. The van der Waals surface area contributed by atoms with Gasteiger partial charge in [-0.25, -0.2) is 8.78 Å². The molecule has 1 heterocycles. The van der Waals surface area contributed by atoms with Crippen molar-refractivity contribution in [2.45, 2.75) is 89.9 Å². The van der Waals surface area contributed by atoms with Gasteiger partial charge in [0.25, 0.3) is 0 Å². The molecular formula is C19H35F2N. The molecule has 22 heavy (non-hydrogen) atoms. The summed E-state index contributed by atoms with van der Waals surface area (Å²) < 4.78 is 26.2. The molecule has 3 rings (SSSR count). The van der Waals surface area contributed by atoms with E-state index >= 15 is 0 Å². The minimum absolute atomic E-state index is 0.134. The van der Waals surface area contributed by atoms with Crippen molar-refractivity contribution in [3.63, 3.8) is 0 Å². The minimum Gasteiger partial charge on any atom is -0.317 e. The van der Waals surface area contributed by atoms with Gasteiger partial charge >= 0.3 is 0 Å². The fourth-order valence-corrected chi connectivity index (χ4v) is 4.43. The van der Waals surface area contributed by atoms with E-state index in [0.29, 0.717) is 11.8 Å². The first-order valence-corrected chi connectivity index (χ1v) is 9.67. The molecule has 0 bridgehead atoms. The maximum Gasteiger partial charge on any atom is 0.248 e. The zero-order valence-electron chi connectivity index (χ0n) is 14.4. The van der Waals surface area contributed by atoms with Gasteiger partial charge < -0.3 is 5.32 Å². The van der Waals surface area contributed by atoms with E-state index in [4.69, 9.17) is 0 Å². The highest BCUT2D eigenvalue weighted by Crippen LogP contribution is 2.43. The Kier molecular flexibility index (Phi) is 7.59. The normalized spacial score (nSPS) is 28.5. The highest BCUT2D eigenvalue weighted by Gasteiger charge is 2.38. The molecule has 0 aromatic heterocycles. The van der Waals surface area contributed by atoms with Crippen LogP contribution in [0.25, 0.3) is 0 Å². The molecule has 3 heteroatoms. The van der Waals surface area contributed by atoms with E-state index in [2.05, 4.69) is 12.2 Å². The standard InChI is InChI=1S/C14H24F2.C5H11N/c1-11(12-5-3-2-4-6-12)13-7-9-14(15,16)10-8-13;1-2-4-6-5-3-1/h11-13H,2-10H2,1H3;6H,1-5H2. The lowest BCUT2D eigenvalue weighted by molar-refractivity contribution is -0.0555. The Balaban J connectivity index is 0.000000246. The summed E-state index contributed by atoms with van der Waals surface area (Å²) in [5.41, 5.74) is 0. The van der Waals surface area contributed by atoms with E-state index < -0.39 is 5.92 Å². The van der Waals surface area contributed by atoms with Crippen molar-refractivity contribution in [1.29, 1.82) is 0 Å². The number of rotatable bonds is 2. The Morgan fingerprint density at radius 1 is 0.773 bits per heavy atom. The molecule has 1 nitrogen and oxygen atoms in total. The van der Waals surface area contributed by atoms with Gasteiger partial charge in [-0.05, 0) is 56.5 Å². The molecule has 2 saturated carbocycles. The summed E-state index contributed by atoms with van der Waals surface area (Å²) in [6.45, 7) is 4.81. The van der Waals surface area contributed by atoms with Gasteiger partial charge in [0.05, 0.1) is 0 Å². The Bertz CT molecular complexity index is 274. The van der Waals surface area contributed by atoms with Gasteiger partial charge in [-0.1, -0.05) is 45.4 Å². The van der Waals surface area contributed by atoms with Crippen LogP contribution in [-0.2, 0) is 0 Å². The number of nitrogens with one attached hydrogen (secondary N) is 1. The molecule has 2 aliphatic carbocycles. The SMILES string of the molecule is C1CCNCC1.CC(C1CCCCC1)C1CCC(F)(F)CC1. The Morgan fingerprint density at radius 2 is 1.27 bits per heavy atom. The summed E-state index contributed by atoms with van der Waals surface area (Å²) in [7, 11) is 0. The van der Waals surface area contributed by atoms with E-state index in [1.54, 1.807) is 0 Å². The molecule has 0 amide bonds. The Morgan fingerprint density at radius 3 is 1.73 bits per heavy atom. The highest BCUT2D eigenvalue weighted by atomic mass is 19.3. The molecule has 1 unspecified atom stereocenters. The van der Waals surface area contributed by atoms with Gasteiger partial charge in [0.2, 0.25) is 5.92 Å². The van der Waals surface area contributed by atoms with E-state index in [0.717, 1.165) is 18.8 Å². The van der Waals surface area contributed by atoms with Crippen LogP contribution in [0.2, 0.25) is 0 Å². The van der Waals surface area contributed by atoms with Crippen LogP contribution in [0.4, 0.5) is 8.78 Å². The predicted molar refractivity (Wildman–Crippen MR) is 89.4 cm³/mol. The zero-order chi connectivity index (χ0) is 15.8. The van der Waals surface area contributed by atoms with Crippen molar-refractivity contribution in [3.8, 4) is 0 Å². The zero-order valence-corrected chi connectivity index (χ0v) is 14.4. The predicted octanol–water partition coefficient (Wildman–Crippen LogP) is 5.79. The second-order valence-corrected chi connectivity index (χ2v) is 7.76. The quantitative estimate of drug-likeness (QED) is 0.680. The third kappa shape index (κ3) is 6.14. The van der Waals surface area contributed by atoms with Crippen LogP contribution in [0.5, 0.6) is 0 Å². The third-order valence-corrected chi connectivity index (χ3v) is 6.11. The van der Waals surface area contributed by atoms with Crippen LogP contribution in [0.1, 0.15) is 84.0 Å². The average Bonchev–Trinajstić information content (AvgIpc) is 2.57. The second kappa shape index (κ2) is 9.20.